The summed E-state index contributed by atoms with van der Waals surface area (Å²) >= 11 is 0. The number of allylic oxidation sites excluding steroid dienone is 2. The largest absolute Gasteiger partial charge is 0.336 e. The highest BCUT2D eigenvalue weighted by Crippen LogP contribution is 2.45. The molecule has 176 valence electrons. The fourth-order valence-corrected chi connectivity index (χ4v) is 5.42. The van der Waals surface area contributed by atoms with Crippen LogP contribution in [0.15, 0.2) is 84.5 Å². The highest BCUT2D eigenvalue weighted by molar-refractivity contribution is 5.57. The summed E-state index contributed by atoms with van der Waals surface area (Å²) in [6.45, 7) is 4.19. The zero-order chi connectivity index (χ0) is 24.2. The van der Waals surface area contributed by atoms with Crippen LogP contribution in [0.5, 0.6) is 0 Å². The maximum absolute atomic E-state index is 7.41. The third-order valence-corrected chi connectivity index (χ3v) is 7.26. The Morgan fingerprint density at radius 1 is 1.09 bits per heavy atom. The van der Waals surface area contributed by atoms with Crippen LogP contribution in [0, 0.1) is 19.8 Å². The number of imidazole rings is 1. The van der Waals surface area contributed by atoms with Crippen molar-refractivity contribution in [3.05, 3.63) is 112 Å². The fraction of sp³-hybridized carbons (Fsp3) is 0.259. The molecule has 8 nitrogen and oxygen atoms in total. The van der Waals surface area contributed by atoms with Crippen molar-refractivity contribution in [3.63, 3.8) is 0 Å². The molecule has 6 rings (SSSR count). The molecule has 2 aromatic heterocycles. The van der Waals surface area contributed by atoms with Crippen LogP contribution in [0.25, 0.3) is 0 Å². The average Bonchev–Trinajstić information content (AvgIpc) is 3.51. The van der Waals surface area contributed by atoms with Gasteiger partial charge < -0.3 is 15.6 Å². The molecule has 3 heterocycles. The fourth-order valence-electron chi connectivity index (χ4n) is 5.42. The number of hydrogen-bond acceptors (Lipinski definition) is 6. The van der Waals surface area contributed by atoms with Gasteiger partial charge in [0.1, 0.15) is 6.04 Å². The van der Waals surface area contributed by atoms with E-state index < -0.39 is 5.54 Å². The Morgan fingerprint density at radius 3 is 2.66 bits per heavy atom. The number of tetrazole rings is 1. The van der Waals surface area contributed by atoms with Gasteiger partial charge in [0, 0.05) is 24.2 Å². The Bertz CT molecular complexity index is 1460. The number of fused-ring (bicyclic) bond motifs is 2. The van der Waals surface area contributed by atoms with Crippen LogP contribution in [0.1, 0.15) is 40.4 Å². The predicted octanol–water partition coefficient (Wildman–Crippen LogP) is 3.77. The summed E-state index contributed by atoms with van der Waals surface area (Å²) in [5, 5.41) is 15.9. The van der Waals surface area contributed by atoms with E-state index in [1.165, 1.54) is 11.1 Å². The first-order valence-corrected chi connectivity index (χ1v) is 11.8. The van der Waals surface area contributed by atoms with Gasteiger partial charge in [-0.25, -0.2) is 4.98 Å². The minimum absolute atomic E-state index is 0.00787. The lowest BCUT2D eigenvalue weighted by atomic mass is 9.71. The van der Waals surface area contributed by atoms with E-state index in [1.54, 1.807) is 0 Å². The average molecular weight is 465 g/mol. The van der Waals surface area contributed by atoms with Gasteiger partial charge in [0.25, 0.3) is 0 Å². The van der Waals surface area contributed by atoms with Crippen molar-refractivity contribution in [2.24, 2.45) is 18.7 Å². The van der Waals surface area contributed by atoms with Crippen LogP contribution < -0.4 is 11.1 Å². The van der Waals surface area contributed by atoms with Gasteiger partial charge in [-0.1, -0.05) is 76.9 Å². The Labute approximate surface area is 204 Å². The molecule has 4 aromatic rings. The third kappa shape index (κ3) is 3.40. The van der Waals surface area contributed by atoms with Gasteiger partial charge in [0.2, 0.25) is 5.95 Å². The first-order chi connectivity index (χ1) is 16.9. The Kier molecular flexibility index (Phi) is 4.93. The van der Waals surface area contributed by atoms with Crippen molar-refractivity contribution in [2.75, 3.05) is 5.32 Å². The number of nitrogens with zero attached hydrogens (tertiary/aromatic N) is 6. The van der Waals surface area contributed by atoms with E-state index in [0.717, 1.165) is 34.5 Å². The molecule has 0 radical (unpaired) electrons. The number of benzene rings is 2. The minimum atomic E-state index is -0.772. The molecule has 3 atom stereocenters. The SMILES string of the molecule is Cc1ccc(C(N)(c2cncn2C)C2C=C3C(=CC2)Nc2nnnn2C3c2cccc(C)c2)cc1. The van der Waals surface area contributed by atoms with Crippen molar-refractivity contribution in [1.82, 2.24) is 29.8 Å². The second-order valence-corrected chi connectivity index (χ2v) is 9.60. The highest BCUT2D eigenvalue weighted by Gasteiger charge is 2.43. The maximum atomic E-state index is 7.41. The van der Waals surface area contributed by atoms with Gasteiger partial charge in [-0.15, -0.1) is 0 Å². The van der Waals surface area contributed by atoms with E-state index >= 15 is 0 Å². The van der Waals surface area contributed by atoms with E-state index in [0.29, 0.717) is 5.95 Å². The van der Waals surface area contributed by atoms with Crippen LogP contribution >= 0.6 is 0 Å². The second-order valence-electron chi connectivity index (χ2n) is 9.60. The minimum Gasteiger partial charge on any atom is -0.336 e. The molecular formula is C27H28N8. The molecule has 1 aliphatic carbocycles. The van der Waals surface area contributed by atoms with Gasteiger partial charge in [0.05, 0.1) is 23.8 Å². The normalized spacial score (nSPS) is 20.7. The molecule has 2 aromatic carbocycles. The van der Waals surface area contributed by atoms with Gasteiger partial charge in [0.15, 0.2) is 0 Å². The van der Waals surface area contributed by atoms with Crippen LogP contribution in [-0.4, -0.2) is 29.8 Å². The van der Waals surface area contributed by atoms with Crippen LogP contribution in [0.3, 0.4) is 0 Å². The molecule has 0 spiro atoms. The smallest absolute Gasteiger partial charge is 0.248 e. The van der Waals surface area contributed by atoms with E-state index in [4.69, 9.17) is 5.73 Å². The molecule has 0 bridgehead atoms. The monoisotopic (exact) mass is 464 g/mol. The molecule has 0 saturated carbocycles. The number of nitrogens with two attached hydrogens (primary N) is 1. The van der Waals surface area contributed by atoms with E-state index in [-0.39, 0.29) is 12.0 Å². The van der Waals surface area contributed by atoms with Gasteiger partial charge in [-0.05, 0) is 41.8 Å². The van der Waals surface area contributed by atoms with Crippen molar-refractivity contribution in [3.8, 4) is 0 Å². The summed E-state index contributed by atoms with van der Waals surface area (Å²) in [6.07, 6.45) is 9.01. The summed E-state index contributed by atoms with van der Waals surface area (Å²) in [7, 11) is 2.00. The first-order valence-electron chi connectivity index (χ1n) is 11.8. The second kappa shape index (κ2) is 8.02. The number of aromatic nitrogens is 6. The number of hydrogen-bond donors (Lipinski definition) is 2. The van der Waals surface area contributed by atoms with Crippen LogP contribution in [-0.2, 0) is 12.6 Å². The number of aryl methyl sites for hydroxylation is 3. The zero-order valence-electron chi connectivity index (χ0n) is 20.1. The predicted molar refractivity (Wildman–Crippen MR) is 134 cm³/mol. The lowest BCUT2D eigenvalue weighted by molar-refractivity contribution is 0.367. The molecule has 3 N–H and O–H groups in total. The Balaban J connectivity index is 1.53. The quantitative estimate of drug-likeness (QED) is 0.477. The standard InChI is InChI=1S/C27H28N8/c1-17-7-9-20(10-8-17)27(28,24-15-29-16-34(24)3)21-11-12-23-22(14-21)25(19-6-4-5-18(2)13-19)35-26(30-23)31-32-33-35/h4-10,12-16,21,25H,11,28H2,1-3H3,(H,30,31,33). The van der Waals surface area contributed by atoms with Crippen molar-refractivity contribution < 1.29 is 0 Å². The van der Waals surface area contributed by atoms with Crippen molar-refractivity contribution >= 4 is 5.95 Å². The highest BCUT2D eigenvalue weighted by atomic mass is 15.6. The molecule has 8 heteroatoms. The van der Waals surface area contributed by atoms with Gasteiger partial charge >= 0.3 is 0 Å². The molecule has 35 heavy (non-hydrogen) atoms. The summed E-state index contributed by atoms with van der Waals surface area (Å²) < 4.78 is 3.88. The Hall–Kier alpha value is -4.04. The third-order valence-electron chi connectivity index (χ3n) is 7.26. The summed E-state index contributed by atoms with van der Waals surface area (Å²) in [6, 6.07) is 16.9. The first kappa shape index (κ1) is 21.5. The van der Waals surface area contributed by atoms with Gasteiger partial charge in [-0.2, -0.15) is 4.68 Å². The molecule has 2 aliphatic rings. The molecule has 1 aliphatic heterocycles. The Morgan fingerprint density at radius 2 is 1.91 bits per heavy atom. The molecule has 0 fully saturated rings. The zero-order valence-corrected chi connectivity index (χ0v) is 20.1. The summed E-state index contributed by atoms with van der Waals surface area (Å²) in [5.41, 5.74) is 14.4. The van der Waals surface area contributed by atoms with Crippen LogP contribution in [0.2, 0.25) is 0 Å². The van der Waals surface area contributed by atoms with E-state index in [1.807, 2.05) is 28.8 Å². The summed E-state index contributed by atoms with van der Waals surface area (Å²) in [5.74, 6) is 0.633. The van der Waals surface area contributed by atoms with E-state index in [2.05, 4.69) is 100 Å². The van der Waals surface area contributed by atoms with Crippen molar-refractivity contribution in [1.29, 1.82) is 0 Å². The van der Waals surface area contributed by atoms with Crippen molar-refractivity contribution in [2.45, 2.75) is 31.8 Å². The van der Waals surface area contributed by atoms with Crippen LogP contribution in [0.4, 0.5) is 5.95 Å². The molecule has 3 unspecified atom stereocenters. The van der Waals surface area contributed by atoms with E-state index in [9.17, 15) is 0 Å². The maximum Gasteiger partial charge on any atom is 0.248 e. The molecular weight excluding hydrogens is 436 g/mol. The van der Waals surface area contributed by atoms with Gasteiger partial charge in [-0.3, -0.25) is 0 Å². The molecule has 0 amide bonds. The molecule has 0 saturated heterocycles. The topological polar surface area (TPSA) is 99.5 Å². The lowest BCUT2D eigenvalue weighted by Crippen LogP contribution is -2.47. The summed E-state index contributed by atoms with van der Waals surface area (Å²) in [4.78, 5) is 4.41. The number of nitrogens with one attached hydrogen (secondary N) is 1. The number of rotatable bonds is 4. The number of anilines is 1. The lowest BCUT2D eigenvalue weighted by Gasteiger charge is -2.40.